The van der Waals surface area contributed by atoms with Gasteiger partial charge in [-0.2, -0.15) is 0 Å². The molecule has 1 aliphatic rings. The molecular weight excluding hydrogens is 332 g/mol. The molecule has 2 amide bonds. The lowest BCUT2D eigenvalue weighted by molar-refractivity contribution is -0.143. The van der Waals surface area contributed by atoms with E-state index < -0.39 is 0 Å². The van der Waals surface area contributed by atoms with Crippen LogP contribution >= 0.6 is 0 Å². The van der Waals surface area contributed by atoms with E-state index in [2.05, 4.69) is 4.74 Å². The molecule has 1 fully saturated rings. The summed E-state index contributed by atoms with van der Waals surface area (Å²) in [7, 11) is 1.32. The standard InChI is InChI=1S/C20H28N2O4/c1-14-12-15(2)19(16(3)13-14)20(25)22-9-5-8-21(10-11-22)17(23)6-7-18(24)26-4/h12-13H,5-11H2,1-4H3. The van der Waals surface area contributed by atoms with Crippen molar-refractivity contribution in [2.75, 3.05) is 33.3 Å². The van der Waals surface area contributed by atoms with Gasteiger partial charge in [0, 0.05) is 38.2 Å². The molecule has 0 atom stereocenters. The fourth-order valence-corrected chi connectivity index (χ4v) is 3.51. The van der Waals surface area contributed by atoms with Gasteiger partial charge in [0.25, 0.3) is 5.91 Å². The van der Waals surface area contributed by atoms with E-state index in [1.165, 1.54) is 7.11 Å². The third-order valence-electron chi connectivity index (χ3n) is 4.80. The number of ether oxygens (including phenoxy) is 1. The smallest absolute Gasteiger partial charge is 0.306 e. The van der Waals surface area contributed by atoms with Gasteiger partial charge < -0.3 is 14.5 Å². The van der Waals surface area contributed by atoms with Gasteiger partial charge in [-0.3, -0.25) is 14.4 Å². The molecule has 0 saturated carbocycles. The Morgan fingerprint density at radius 3 is 2.12 bits per heavy atom. The highest BCUT2D eigenvalue weighted by molar-refractivity contribution is 5.97. The fraction of sp³-hybridized carbons (Fsp3) is 0.550. The molecule has 0 radical (unpaired) electrons. The van der Waals surface area contributed by atoms with E-state index in [1.54, 1.807) is 4.90 Å². The Hall–Kier alpha value is -2.37. The van der Waals surface area contributed by atoms with Crippen LogP contribution in [0.15, 0.2) is 12.1 Å². The molecule has 1 aliphatic heterocycles. The Balaban J connectivity index is 2.01. The molecule has 0 spiro atoms. The number of methoxy groups -OCH3 is 1. The van der Waals surface area contributed by atoms with Crippen molar-refractivity contribution in [3.63, 3.8) is 0 Å². The number of carbonyl (C=O) groups is 3. The highest BCUT2D eigenvalue weighted by atomic mass is 16.5. The SMILES string of the molecule is COC(=O)CCC(=O)N1CCCN(C(=O)c2c(C)cc(C)cc2C)CC1. The summed E-state index contributed by atoms with van der Waals surface area (Å²) in [5, 5.41) is 0. The summed E-state index contributed by atoms with van der Waals surface area (Å²) in [5.41, 5.74) is 3.89. The van der Waals surface area contributed by atoms with Crippen molar-refractivity contribution in [2.24, 2.45) is 0 Å². The van der Waals surface area contributed by atoms with Crippen molar-refractivity contribution in [1.82, 2.24) is 9.80 Å². The molecule has 0 aliphatic carbocycles. The van der Waals surface area contributed by atoms with Gasteiger partial charge in [0.1, 0.15) is 0 Å². The maximum atomic E-state index is 13.0. The van der Waals surface area contributed by atoms with Gasteiger partial charge in [-0.05, 0) is 38.3 Å². The molecule has 6 heteroatoms. The molecule has 0 unspecified atom stereocenters. The monoisotopic (exact) mass is 360 g/mol. The van der Waals surface area contributed by atoms with Crippen LogP contribution in [0.3, 0.4) is 0 Å². The summed E-state index contributed by atoms with van der Waals surface area (Å²) in [5.74, 6) is -0.411. The number of carbonyl (C=O) groups excluding carboxylic acids is 3. The highest BCUT2D eigenvalue weighted by Crippen LogP contribution is 2.19. The van der Waals surface area contributed by atoms with Crippen molar-refractivity contribution < 1.29 is 19.1 Å². The first-order valence-corrected chi connectivity index (χ1v) is 9.05. The van der Waals surface area contributed by atoms with E-state index in [0.29, 0.717) is 26.2 Å². The van der Waals surface area contributed by atoms with E-state index in [9.17, 15) is 14.4 Å². The first-order valence-electron chi connectivity index (χ1n) is 9.05. The molecule has 0 N–H and O–H groups in total. The number of benzene rings is 1. The quantitative estimate of drug-likeness (QED) is 0.773. The molecule has 1 saturated heterocycles. The topological polar surface area (TPSA) is 66.9 Å². The van der Waals surface area contributed by atoms with Crippen LogP contribution in [0, 0.1) is 20.8 Å². The number of rotatable bonds is 4. The molecule has 1 aromatic carbocycles. The average Bonchev–Trinajstić information content (AvgIpc) is 2.84. The van der Waals surface area contributed by atoms with E-state index in [1.807, 2.05) is 37.8 Å². The Bertz CT molecular complexity index is 676. The van der Waals surface area contributed by atoms with Crippen molar-refractivity contribution in [1.29, 1.82) is 0 Å². The predicted octanol–water partition coefficient (Wildman–Crippen LogP) is 2.24. The molecule has 1 heterocycles. The Labute approximate surface area is 155 Å². The van der Waals surface area contributed by atoms with Crippen molar-refractivity contribution in [2.45, 2.75) is 40.0 Å². The van der Waals surface area contributed by atoms with Crippen LogP contribution in [-0.2, 0) is 14.3 Å². The van der Waals surface area contributed by atoms with Crippen LogP contribution < -0.4 is 0 Å². The number of nitrogens with zero attached hydrogens (tertiary/aromatic N) is 2. The zero-order valence-corrected chi connectivity index (χ0v) is 16.1. The van der Waals surface area contributed by atoms with Gasteiger partial charge in [0.05, 0.1) is 13.5 Å². The lowest BCUT2D eigenvalue weighted by Crippen LogP contribution is -2.38. The van der Waals surface area contributed by atoms with Crippen molar-refractivity contribution in [3.05, 3.63) is 34.4 Å². The molecule has 142 valence electrons. The molecule has 6 nitrogen and oxygen atoms in total. The summed E-state index contributed by atoms with van der Waals surface area (Å²) < 4.78 is 4.58. The summed E-state index contributed by atoms with van der Waals surface area (Å²) >= 11 is 0. The first-order chi connectivity index (χ1) is 12.3. The Morgan fingerprint density at radius 1 is 0.923 bits per heavy atom. The van der Waals surface area contributed by atoms with Crippen LogP contribution in [0.1, 0.15) is 46.3 Å². The maximum Gasteiger partial charge on any atom is 0.306 e. The zero-order valence-electron chi connectivity index (χ0n) is 16.1. The molecule has 26 heavy (non-hydrogen) atoms. The molecule has 0 aromatic heterocycles. The average molecular weight is 360 g/mol. The number of aryl methyl sites for hydroxylation is 3. The Morgan fingerprint density at radius 2 is 1.50 bits per heavy atom. The zero-order chi connectivity index (χ0) is 19.3. The van der Waals surface area contributed by atoms with Crippen LogP contribution in [0.4, 0.5) is 0 Å². The van der Waals surface area contributed by atoms with E-state index >= 15 is 0 Å². The van der Waals surface area contributed by atoms with Gasteiger partial charge in [-0.1, -0.05) is 17.7 Å². The summed E-state index contributed by atoms with van der Waals surface area (Å²) in [4.78, 5) is 40.1. The Kier molecular flexibility index (Phi) is 6.77. The number of amides is 2. The van der Waals surface area contributed by atoms with Gasteiger partial charge in [0.15, 0.2) is 0 Å². The van der Waals surface area contributed by atoms with Gasteiger partial charge in [-0.15, -0.1) is 0 Å². The second-order valence-electron chi connectivity index (χ2n) is 6.88. The molecular formula is C20H28N2O4. The lowest BCUT2D eigenvalue weighted by Gasteiger charge is -2.23. The maximum absolute atomic E-state index is 13.0. The third kappa shape index (κ3) is 4.84. The van der Waals surface area contributed by atoms with Gasteiger partial charge >= 0.3 is 5.97 Å². The fourth-order valence-electron chi connectivity index (χ4n) is 3.51. The van der Waals surface area contributed by atoms with Crippen LogP contribution in [0.25, 0.3) is 0 Å². The lowest BCUT2D eigenvalue weighted by atomic mass is 9.98. The van der Waals surface area contributed by atoms with Gasteiger partial charge in [-0.25, -0.2) is 0 Å². The minimum absolute atomic E-state index is 0.0314. The number of esters is 1. The van der Waals surface area contributed by atoms with E-state index in [4.69, 9.17) is 0 Å². The highest BCUT2D eigenvalue weighted by Gasteiger charge is 2.25. The molecule has 0 bridgehead atoms. The minimum Gasteiger partial charge on any atom is -0.469 e. The molecule has 2 rings (SSSR count). The second kappa shape index (κ2) is 8.83. The minimum atomic E-state index is -0.379. The van der Waals surface area contributed by atoms with E-state index in [-0.39, 0.29) is 30.6 Å². The van der Waals surface area contributed by atoms with Crippen LogP contribution in [0.5, 0.6) is 0 Å². The van der Waals surface area contributed by atoms with Crippen LogP contribution in [0.2, 0.25) is 0 Å². The van der Waals surface area contributed by atoms with Gasteiger partial charge in [0.2, 0.25) is 5.91 Å². The summed E-state index contributed by atoms with van der Waals surface area (Å²) in [6.45, 7) is 8.20. The first kappa shape index (κ1) is 19.9. The van der Waals surface area contributed by atoms with Crippen LogP contribution in [-0.4, -0.2) is 60.9 Å². The summed E-state index contributed by atoms with van der Waals surface area (Å²) in [6, 6.07) is 4.06. The number of hydrogen-bond donors (Lipinski definition) is 0. The summed E-state index contributed by atoms with van der Waals surface area (Å²) in [6.07, 6.45) is 0.979. The number of hydrogen-bond acceptors (Lipinski definition) is 4. The second-order valence-corrected chi connectivity index (χ2v) is 6.88. The normalized spacial score (nSPS) is 14.8. The predicted molar refractivity (Wildman–Crippen MR) is 99.0 cm³/mol. The van der Waals surface area contributed by atoms with E-state index in [0.717, 1.165) is 28.7 Å². The van der Waals surface area contributed by atoms with Crippen molar-refractivity contribution >= 4 is 17.8 Å². The third-order valence-corrected chi connectivity index (χ3v) is 4.80. The molecule has 1 aromatic rings. The largest absolute Gasteiger partial charge is 0.469 e. The van der Waals surface area contributed by atoms with Crippen molar-refractivity contribution in [3.8, 4) is 0 Å².